The van der Waals surface area contributed by atoms with Gasteiger partial charge in [0.15, 0.2) is 0 Å². The van der Waals surface area contributed by atoms with Crippen molar-refractivity contribution < 1.29 is 19.1 Å². The van der Waals surface area contributed by atoms with Crippen LogP contribution in [-0.2, 0) is 4.79 Å². The van der Waals surface area contributed by atoms with Crippen LogP contribution in [0.4, 0.5) is 0 Å². The highest BCUT2D eigenvalue weighted by atomic mass is 35.5. The molecule has 0 saturated carbocycles. The second-order valence-corrected chi connectivity index (χ2v) is 8.34. The highest BCUT2D eigenvalue weighted by Gasteiger charge is 2.16. The van der Waals surface area contributed by atoms with Crippen molar-refractivity contribution >= 4 is 58.0 Å². The molecule has 7 nitrogen and oxygen atoms in total. The van der Waals surface area contributed by atoms with Gasteiger partial charge in [-0.05, 0) is 41.1 Å². The molecule has 0 aromatic heterocycles. The van der Waals surface area contributed by atoms with Crippen molar-refractivity contribution in [2.24, 2.45) is 5.10 Å². The summed E-state index contributed by atoms with van der Waals surface area (Å²) < 4.78 is 5.62. The van der Waals surface area contributed by atoms with Crippen molar-refractivity contribution in [2.75, 3.05) is 6.54 Å². The highest BCUT2D eigenvalue weighted by molar-refractivity contribution is 6.34. The van der Waals surface area contributed by atoms with Gasteiger partial charge in [0.2, 0.25) is 0 Å². The summed E-state index contributed by atoms with van der Waals surface area (Å²) in [5.41, 5.74) is 3.32. The Labute approximate surface area is 216 Å². The molecule has 0 aliphatic carbocycles. The number of hydrazone groups is 1. The lowest BCUT2D eigenvalue weighted by molar-refractivity contribution is -0.120. The van der Waals surface area contributed by atoms with E-state index in [4.69, 9.17) is 27.9 Å². The van der Waals surface area contributed by atoms with Crippen molar-refractivity contribution in [3.05, 3.63) is 112 Å². The first-order chi connectivity index (χ1) is 17.4. The minimum atomic E-state index is -0.628. The monoisotopic (exact) mass is 519 g/mol. The summed E-state index contributed by atoms with van der Waals surface area (Å²) in [6.45, 7) is -0.314. The number of fused-ring (bicyclic) bond motifs is 1. The zero-order valence-electron chi connectivity index (χ0n) is 18.7. The van der Waals surface area contributed by atoms with Gasteiger partial charge in [0.25, 0.3) is 11.8 Å². The molecule has 9 heteroatoms. The lowest BCUT2D eigenvalue weighted by Gasteiger charge is -2.11. The van der Waals surface area contributed by atoms with Crippen LogP contribution in [0.5, 0.6) is 5.75 Å². The standard InChI is InChI=1S/C27H19Cl2N3O4/c28-22-11-5-3-9-19(22)26(34)30-16-25(33)32-31-15-21-18-8-2-1-7-17(18)13-14-24(21)36-27(35)20-10-4-6-12-23(20)29/h1-15H,16H2,(H,30,34)(H,32,33). The molecule has 0 radical (unpaired) electrons. The molecule has 36 heavy (non-hydrogen) atoms. The van der Waals surface area contributed by atoms with Gasteiger partial charge in [-0.1, -0.05) is 77.8 Å². The van der Waals surface area contributed by atoms with Crippen molar-refractivity contribution in [1.82, 2.24) is 10.7 Å². The highest BCUT2D eigenvalue weighted by Crippen LogP contribution is 2.28. The van der Waals surface area contributed by atoms with Gasteiger partial charge in [-0.25, -0.2) is 10.2 Å². The SMILES string of the molecule is O=C(CNC(=O)c1ccccc1Cl)NN=Cc1c(OC(=O)c2ccccc2Cl)ccc2ccccc12. The molecule has 4 aromatic carbocycles. The number of carbonyl (C=O) groups is 3. The van der Waals surface area contributed by atoms with Crippen LogP contribution < -0.4 is 15.5 Å². The minimum absolute atomic E-state index is 0.220. The molecule has 0 saturated heterocycles. The number of benzene rings is 4. The first kappa shape index (κ1) is 24.9. The van der Waals surface area contributed by atoms with E-state index in [1.165, 1.54) is 6.21 Å². The van der Waals surface area contributed by atoms with Crippen LogP contribution >= 0.6 is 23.2 Å². The Balaban J connectivity index is 1.49. The summed E-state index contributed by atoms with van der Waals surface area (Å²) in [4.78, 5) is 37.2. The molecule has 2 amide bonds. The Bertz CT molecular complexity index is 1490. The van der Waals surface area contributed by atoms with Crippen LogP contribution in [0.15, 0.2) is 90.0 Å². The van der Waals surface area contributed by atoms with Crippen LogP contribution in [0.2, 0.25) is 10.0 Å². The van der Waals surface area contributed by atoms with Gasteiger partial charge in [-0.15, -0.1) is 0 Å². The minimum Gasteiger partial charge on any atom is -0.422 e. The predicted molar refractivity (Wildman–Crippen MR) is 140 cm³/mol. The van der Waals surface area contributed by atoms with Crippen molar-refractivity contribution in [3.63, 3.8) is 0 Å². The topological polar surface area (TPSA) is 96.9 Å². The zero-order chi connectivity index (χ0) is 25.5. The lowest BCUT2D eigenvalue weighted by atomic mass is 10.0. The molecule has 0 bridgehead atoms. The number of hydrogen-bond acceptors (Lipinski definition) is 5. The fourth-order valence-corrected chi connectivity index (χ4v) is 3.82. The number of ether oxygens (including phenoxy) is 1. The summed E-state index contributed by atoms with van der Waals surface area (Å²) in [6, 6.07) is 24.0. The van der Waals surface area contributed by atoms with E-state index in [0.29, 0.717) is 5.56 Å². The van der Waals surface area contributed by atoms with Gasteiger partial charge >= 0.3 is 5.97 Å². The second-order valence-electron chi connectivity index (χ2n) is 7.52. The fourth-order valence-electron chi connectivity index (χ4n) is 3.39. The maximum atomic E-state index is 12.7. The molecule has 4 aromatic rings. The smallest absolute Gasteiger partial charge is 0.345 e. The number of nitrogens with one attached hydrogen (secondary N) is 2. The largest absolute Gasteiger partial charge is 0.422 e. The summed E-state index contributed by atoms with van der Waals surface area (Å²) in [7, 11) is 0. The Kier molecular flexibility index (Phi) is 7.95. The van der Waals surface area contributed by atoms with Crippen LogP contribution in [0.1, 0.15) is 26.3 Å². The van der Waals surface area contributed by atoms with Crippen LogP contribution in [0.25, 0.3) is 10.8 Å². The average Bonchev–Trinajstić information content (AvgIpc) is 2.88. The number of esters is 1. The molecule has 0 aliphatic heterocycles. The Morgan fingerprint density at radius 3 is 2.17 bits per heavy atom. The molecule has 2 N–H and O–H groups in total. The molecule has 0 spiro atoms. The first-order valence-corrected chi connectivity index (χ1v) is 11.5. The average molecular weight is 520 g/mol. The third-order valence-corrected chi connectivity index (χ3v) is 5.80. The predicted octanol–water partition coefficient (Wildman–Crippen LogP) is 5.25. The van der Waals surface area contributed by atoms with Gasteiger partial charge in [0.1, 0.15) is 5.75 Å². The molecular formula is C27H19Cl2N3O4. The molecule has 0 unspecified atom stereocenters. The first-order valence-electron chi connectivity index (χ1n) is 10.8. The molecule has 0 fully saturated rings. The Morgan fingerprint density at radius 2 is 1.44 bits per heavy atom. The number of rotatable bonds is 7. The van der Waals surface area contributed by atoms with Gasteiger partial charge in [0.05, 0.1) is 33.9 Å². The van der Waals surface area contributed by atoms with Gasteiger partial charge < -0.3 is 10.1 Å². The maximum absolute atomic E-state index is 12.7. The fraction of sp³-hybridized carbons (Fsp3) is 0.0370. The second kappa shape index (κ2) is 11.5. The van der Waals surface area contributed by atoms with E-state index in [-0.39, 0.29) is 33.5 Å². The van der Waals surface area contributed by atoms with E-state index < -0.39 is 17.8 Å². The van der Waals surface area contributed by atoms with Crippen molar-refractivity contribution in [1.29, 1.82) is 0 Å². The number of carbonyl (C=O) groups excluding carboxylic acids is 3. The Hall–Kier alpha value is -4.20. The normalized spacial score (nSPS) is 10.8. The number of nitrogens with zero attached hydrogens (tertiary/aromatic N) is 1. The van der Waals surface area contributed by atoms with E-state index in [1.807, 2.05) is 30.3 Å². The number of halogens is 2. The van der Waals surface area contributed by atoms with E-state index >= 15 is 0 Å². The van der Waals surface area contributed by atoms with Gasteiger partial charge in [0, 0.05) is 5.56 Å². The summed E-state index contributed by atoms with van der Waals surface area (Å²) in [6.07, 6.45) is 1.38. The molecule has 0 heterocycles. The summed E-state index contributed by atoms with van der Waals surface area (Å²) >= 11 is 12.1. The third-order valence-electron chi connectivity index (χ3n) is 5.14. The summed E-state index contributed by atoms with van der Waals surface area (Å²) in [5, 5.41) is 8.68. The third kappa shape index (κ3) is 5.89. The number of amides is 2. The zero-order valence-corrected chi connectivity index (χ0v) is 20.2. The van der Waals surface area contributed by atoms with Crippen LogP contribution in [0.3, 0.4) is 0 Å². The van der Waals surface area contributed by atoms with Crippen molar-refractivity contribution in [3.8, 4) is 5.75 Å². The molecule has 4 rings (SSSR count). The van der Waals surface area contributed by atoms with Gasteiger partial charge in [-0.2, -0.15) is 5.10 Å². The Morgan fingerprint density at radius 1 is 0.806 bits per heavy atom. The van der Waals surface area contributed by atoms with Crippen LogP contribution in [-0.4, -0.2) is 30.5 Å². The molecular weight excluding hydrogens is 501 g/mol. The van der Waals surface area contributed by atoms with Crippen LogP contribution in [0, 0.1) is 0 Å². The molecule has 0 atom stereocenters. The van der Waals surface area contributed by atoms with E-state index in [2.05, 4.69) is 15.8 Å². The summed E-state index contributed by atoms with van der Waals surface area (Å²) in [5.74, 6) is -1.43. The van der Waals surface area contributed by atoms with Gasteiger partial charge in [-0.3, -0.25) is 9.59 Å². The quantitative estimate of drug-likeness (QED) is 0.151. The van der Waals surface area contributed by atoms with Crippen molar-refractivity contribution in [2.45, 2.75) is 0 Å². The lowest BCUT2D eigenvalue weighted by Crippen LogP contribution is -2.35. The maximum Gasteiger partial charge on any atom is 0.345 e. The van der Waals surface area contributed by atoms with E-state index in [0.717, 1.165) is 10.8 Å². The number of hydrogen-bond donors (Lipinski definition) is 2. The van der Waals surface area contributed by atoms with E-state index in [1.54, 1.807) is 54.6 Å². The molecule has 180 valence electrons. The van der Waals surface area contributed by atoms with E-state index in [9.17, 15) is 14.4 Å². The molecule has 0 aliphatic rings.